The van der Waals surface area contributed by atoms with Gasteiger partial charge in [-0.2, -0.15) is 0 Å². The first-order chi connectivity index (χ1) is 13.0. The third-order valence-electron chi connectivity index (χ3n) is 5.06. The summed E-state index contributed by atoms with van der Waals surface area (Å²) in [7, 11) is 0. The standard InChI is InChI=1S/C20H21N3O3S/c1-13-16-18(27-17(13)20(26)22-9-7-15(24)8-10-22)21-12-23(19(16)25)11-14-5-3-2-4-6-14/h2-6,12,15,24H,7-11H2,1H3. The number of amides is 1. The SMILES string of the molecule is Cc1c(C(=O)N2CCC(O)CC2)sc2ncn(Cc3ccccc3)c(=O)c12. The van der Waals surface area contributed by atoms with Gasteiger partial charge in [0.15, 0.2) is 0 Å². The Hall–Kier alpha value is -2.51. The van der Waals surface area contributed by atoms with Crippen LogP contribution in [-0.4, -0.2) is 44.7 Å². The fourth-order valence-corrected chi connectivity index (χ4v) is 4.58. The molecule has 0 atom stereocenters. The highest BCUT2D eigenvalue weighted by Crippen LogP contribution is 2.29. The maximum absolute atomic E-state index is 13.0. The van der Waals surface area contributed by atoms with Crippen molar-refractivity contribution in [2.24, 2.45) is 0 Å². The van der Waals surface area contributed by atoms with Crippen molar-refractivity contribution in [3.63, 3.8) is 0 Å². The van der Waals surface area contributed by atoms with E-state index in [2.05, 4.69) is 4.98 Å². The molecule has 7 heteroatoms. The number of nitrogens with zero attached hydrogens (tertiary/aromatic N) is 3. The molecule has 4 rings (SSSR count). The Kier molecular flexibility index (Phi) is 4.80. The van der Waals surface area contributed by atoms with Gasteiger partial charge in [-0.1, -0.05) is 30.3 Å². The average molecular weight is 383 g/mol. The van der Waals surface area contributed by atoms with Gasteiger partial charge in [0, 0.05) is 13.1 Å². The third-order valence-corrected chi connectivity index (χ3v) is 6.25. The zero-order valence-corrected chi connectivity index (χ0v) is 15.9. The Morgan fingerprint density at radius 2 is 1.96 bits per heavy atom. The summed E-state index contributed by atoms with van der Waals surface area (Å²) in [4.78, 5) is 33.2. The minimum Gasteiger partial charge on any atom is -0.393 e. The topological polar surface area (TPSA) is 75.4 Å². The highest BCUT2D eigenvalue weighted by atomic mass is 32.1. The van der Waals surface area contributed by atoms with Gasteiger partial charge in [-0.3, -0.25) is 14.2 Å². The number of piperidine rings is 1. The van der Waals surface area contributed by atoms with Crippen LogP contribution in [0.2, 0.25) is 0 Å². The lowest BCUT2D eigenvalue weighted by Gasteiger charge is -2.29. The van der Waals surface area contributed by atoms with Crippen LogP contribution in [0.15, 0.2) is 41.5 Å². The molecule has 6 nitrogen and oxygen atoms in total. The van der Waals surface area contributed by atoms with E-state index in [0.29, 0.717) is 53.1 Å². The van der Waals surface area contributed by atoms with Crippen molar-refractivity contribution in [1.82, 2.24) is 14.5 Å². The van der Waals surface area contributed by atoms with E-state index in [0.717, 1.165) is 5.56 Å². The summed E-state index contributed by atoms with van der Waals surface area (Å²) >= 11 is 1.28. The molecule has 0 saturated carbocycles. The average Bonchev–Trinajstić information content (AvgIpc) is 3.02. The van der Waals surface area contributed by atoms with E-state index < -0.39 is 0 Å². The summed E-state index contributed by atoms with van der Waals surface area (Å²) in [5.74, 6) is -0.0728. The van der Waals surface area contributed by atoms with Gasteiger partial charge in [-0.05, 0) is 30.9 Å². The first-order valence-electron chi connectivity index (χ1n) is 9.04. The number of aromatic nitrogens is 2. The molecule has 2 aromatic heterocycles. The Bertz CT molecular complexity index is 1030. The lowest BCUT2D eigenvalue weighted by molar-refractivity contribution is 0.0550. The van der Waals surface area contributed by atoms with Crippen LogP contribution in [0, 0.1) is 6.92 Å². The van der Waals surface area contributed by atoms with Crippen molar-refractivity contribution in [3.05, 3.63) is 63.0 Å². The molecule has 0 spiro atoms. The third kappa shape index (κ3) is 3.40. The lowest BCUT2D eigenvalue weighted by atomic mass is 10.1. The first-order valence-corrected chi connectivity index (χ1v) is 9.86. The Morgan fingerprint density at radius 1 is 1.26 bits per heavy atom. The van der Waals surface area contributed by atoms with Gasteiger partial charge in [0.25, 0.3) is 11.5 Å². The molecule has 1 saturated heterocycles. The molecule has 0 radical (unpaired) electrons. The fraction of sp³-hybridized carbons (Fsp3) is 0.350. The lowest BCUT2D eigenvalue weighted by Crippen LogP contribution is -2.40. The van der Waals surface area contributed by atoms with Crippen molar-refractivity contribution < 1.29 is 9.90 Å². The molecule has 140 valence electrons. The largest absolute Gasteiger partial charge is 0.393 e. The molecule has 3 aromatic rings. The van der Waals surface area contributed by atoms with Gasteiger partial charge in [0.1, 0.15) is 4.83 Å². The van der Waals surface area contributed by atoms with Crippen LogP contribution in [0.1, 0.15) is 33.6 Å². The highest BCUT2D eigenvalue weighted by molar-refractivity contribution is 7.20. The summed E-state index contributed by atoms with van der Waals surface area (Å²) < 4.78 is 1.59. The number of hydrogen-bond acceptors (Lipinski definition) is 5. The zero-order valence-electron chi connectivity index (χ0n) is 15.1. The quantitative estimate of drug-likeness (QED) is 0.754. The minimum atomic E-state index is -0.329. The van der Waals surface area contributed by atoms with Gasteiger partial charge in [-0.15, -0.1) is 11.3 Å². The molecular weight excluding hydrogens is 362 g/mol. The summed E-state index contributed by atoms with van der Waals surface area (Å²) in [5, 5.41) is 10.2. The van der Waals surface area contributed by atoms with E-state index in [1.54, 1.807) is 15.8 Å². The van der Waals surface area contributed by atoms with Crippen LogP contribution in [0.5, 0.6) is 0 Å². The van der Waals surface area contributed by atoms with Gasteiger partial charge >= 0.3 is 0 Å². The maximum Gasteiger partial charge on any atom is 0.264 e. The predicted octanol–water partition coefficient (Wildman–Crippen LogP) is 2.41. The number of aryl methyl sites for hydroxylation is 1. The number of carbonyl (C=O) groups excluding carboxylic acids is 1. The van der Waals surface area contributed by atoms with Crippen LogP contribution in [0.3, 0.4) is 0 Å². The molecule has 0 unspecified atom stereocenters. The number of rotatable bonds is 3. The number of hydrogen-bond donors (Lipinski definition) is 1. The van der Waals surface area contributed by atoms with Gasteiger partial charge in [0.2, 0.25) is 0 Å². The Morgan fingerprint density at radius 3 is 2.67 bits per heavy atom. The van der Waals surface area contributed by atoms with E-state index in [9.17, 15) is 14.7 Å². The Labute approximate surface area is 160 Å². The van der Waals surface area contributed by atoms with E-state index in [1.165, 1.54) is 11.3 Å². The second-order valence-electron chi connectivity index (χ2n) is 6.92. The van der Waals surface area contributed by atoms with Gasteiger partial charge in [0.05, 0.1) is 29.2 Å². The number of carbonyl (C=O) groups is 1. The van der Waals surface area contributed by atoms with Crippen LogP contribution < -0.4 is 5.56 Å². The molecule has 3 heterocycles. The number of aliphatic hydroxyl groups excluding tert-OH is 1. The van der Waals surface area contributed by atoms with E-state index in [-0.39, 0.29) is 17.6 Å². The van der Waals surface area contributed by atoms with Crippen LogP contribution in [0.4, 0.5) is 0 Å². The smallest absolute Gasteiger partial charge is 0.264 e. The predicted molar refractivity (Wildman–Crippen MR) is 105 cm³/mol. The van der Waals surface area contributed by atoms with E-state index in [4.69, 9.17) is 0 Å². The summed E-state index contributed by atoms with van der Waals surface area (Å²) in [5.41, 5.74) is 1.61. The Balaban J connectivity index is 1.68. The molecule has 0 aliphatic carbocycles. The number of benzene rings is 1. The van der Waals surface area contributed by atoms with E-state index in [1.807, 2.05) is 37.3 Å². The molecule has 1 aliphatic heterocycles. The molecule has 1 amide bonds. The van der Waals surface area contributed by atoms with Crippen LogP contribution >= 0.6 is 11.3 Å². The summed E-state index contributed by atoms with van der Waals surface area (Å²) in [6, 6.07) is 9.75. The van der Waals surface area contributed by atoms with Crippen molar-refractivity contribution in [2.75, 3.05) is 13.1 Å². The molecule has 1 fully saturated rings. The van der Waals surface area contributed by atoms with Gasteiger partial charge in [-0.25, -0.2) is 4.98 Å². The molecule has 27 heavy (non-hydrogen) atoms. The molecule has 1 aliphatic rings. The molecular formula is C20H21N3O3S. The van der Waals surface area contributed by atoms with Crippen molar-refractivity contribution in [1.29, 1.82) is 0 Å². The number of likely N-dealkylation sites (tertiary alicyclic amines) is 1. The fourth-order valence-electron chi connectivity index (χ4n) is 3.47. The summed E-state index contributed by atoms with van der Waals surface area (Å²) in [6.07, 6.45) is 2.42. The molecule has 1 N–H and O–H groups in total. The van der Waals surface area contributed by atoms with Crippen molar-refractivity contribution >= 4 is 27.5 Å². The normalized spacial score (nSPS) is 15.4. The number of thiophene rings is 1. The second-order valence-corrected chi connectivity index (χ2v) is 7.92. The van der Waals surface area contributed by atoms with Crippen molar-refractivity contribution in [3.8, 4) is 0 Å². The van der Waals surface area contributed by atoms with E-state index >= 15 is 0 Å². The highest BCUT2D eigenvalue weighted by Gasteiger charge is 2.26. The second kappa shape index (κ2) is 7.25. The minimum absolute atomic E-state index is 0.0728. The molecule has 0 bridgehead atoms. The molecule has 1 aromatic carbocycles. The summed E-state index contributed by atoms with van der Waals surface area (Å²) in [6.45, 7) is 3.35. The number of fused-ring (bicyclic) bond motifs is 1. The monoisotopic (exact) mass is 383 g/mol. The zero-order chi connectivity index (χ0) is 19.0. The number of aliphatic hydroxyl groups is 1. The van der Waals surface area contributed by atoms with Crippen LogP contribution in [-0.2, 0) is 6.54 Å². The van der Waals surface area contributed by atoms with Gasteiger partial charge < -0.3 is 10.0 Å². The van der Waals surface area contributed by atoms with Crippen molar-refractivity contribution in [2.45, 2.75) is 32.4 Å². The van der Waals surface area contributed by atoms with Crippen LogP contribution in [0.25, 0.3) is 10.2 Å². The first kappa shape index (κ1) is 17.9. The maximum atomic E-state index is 13.0.